The lowest BCUT2D eigenvalue weighted by Crippen LogP contribution is -2.28. The fourth-order valence-corrected chi connectivity index (χ4v) is 2.08. The van der Waals surface area contributed by atoms with E-state index in [1.54, 1.807) is 0 Å². The molecule has 0 aliphatic carbocycles. The van der Waals surface area contributed by atoms with Gasteiger partial charge >= 0.3 is 6.18 Å². The van der Waals surface area contributed by atoms with E-state index in [1.165, 1.54) is 12.1 Å². The van der Waals surface area contributed by atoms with Crippen LogP contribution in [0.1, 0.15) is 44.4 Å². The normalized spacial score (nSPS) is 15.3. The summed E-state index contributed by atoms with van der Waals surface area (Å²) in [5.74, 6) is -1.11. The van der Waals surface area contributed by atoms with Gasteiger partial charge in [0.1, 0.15) is 5.82 Å². The molecule has 108 valence electrons. The zero-order valence-corrected chi connectivity index (χ0v) is 11.3. The molecular weight excluding hydrogens is 258 g/mol. The van der Waals surface area contributed by atoms with Crippen LogP contribution in [-0.4, -0.2) is 6.54 Å². The zero-order chi connectivity index (χ0) is 14.6. The van der Waals surface area contributed by atoms with E-state index >= 15 is 0 Å². The third-order valence-electron chi connectivity index (χ3n) is 3.31. The highest BCUT2D eigenvalue weighted by atomic mass is 19.4. The van der Waals surface area contributed by atoms with Gasteiger partial charge in [-0.15, -0.1) is 0 Å². The number of hydrogen-bond acceptors (Lipinski definition) is 1. The molecule has 2 atom stereocenters. The molecule has 5 heteroatoms. The van der Waals surface area contributed by atoms with Crippen molar-refractivity contribution in [2.75, 3.05) is 6.54 Å². The van der Waals surface area contributed by atoms with E-state index in [0.29, 0.717) is 6.54 Å². The quantitative estimate of drug-likeness (QED) is 0.779. The average Bonchev–Trinajstić information content (AvgIpc) is 2.34. The third-order valence-corrected chi connectivity index (χ3v) is 3.31. The second-order valence-corrected chi connectivity index (χ2v) is 4.63. The molecule has 0 spiro atoms. The molecule has 0 aromatic heterocycles. The Kier molecular flexibility index (Phi) is 5.35. The molecule has 0 aliphatic rings. The molecule has 0 heterocycles. The van der Waals surface area contributed by atoms with Crippen molar-refractivity contribution in [2.45, 2.75) is 39.4 Å². The smallest absolute Gasteiger partial charge is 0.310 e. The molecule has 1 aromatic carbocycles. The van der Waals surface area contributed by atoms with Crippen molar-refractivity contribution in [1.29, 1.82) is 0 Å². The summed E-state index contributed by atoms with van der Waals surface area (Å²) in [6, 6.07) is 3.05. The monoisotopic (exact) mass is 277 g/mol. The molecule has 19 heavy (non-hydrogen) atoms. The van der Waals surface area contributed by atoms with Crippen LogP contribution in [0.5, 0.6) is 0 Å². The van der Waals surface area contributed by atoms with Crippen LogP contribution in [0.25, 0.3) is 0 Å². The average molecular weight is 277 g/mol. The number of benzene rings is 1. The van der Waals surface area contributed by atoms with Crippen LogP contribution in [-0.2, 0) is 6.18 Å². The van der Waals surface area contributed by atoms with Gasteiger partial charge in [-0.1, -0.05) is 39.3 Å². The van der Waals surface area contributed by atoms with Crippen molar-refractivity contribution in [2.24, 2.45) is 5.92 Å². The first-order valence-corrected chi connectivity index (χ1v) is 6.41. The number of rotatable bonds is 5. The van der Waals surface area contributed by atoms with E-state index in [-0.39, 0.29) is 11.5 Å². The minimum absolute atomic E-state index is 0.0536. The van der Waals surface area contributed by atoms with Gasteiger partial charge in [0.05, 0.1) is 5.56 Å². The van der Waals surface area contributed by atoms with Gasteiger partial charge in [-0.2, -0.15) is 13.2 Å². The summed E-state index contributed by atoms with van der Waals surface area (Å²) in [7, 11) is 0. The third kappa shape index (κ3) is 3.69. The first-order chi connectivity index (χ1) is 8.82. The zero-order valence-electron chi connectivity index (χ0n) is 11.3. The molecule has 0 aliphatic heterocycles. The highest BCUT2D eigenvalue weighted by Crippen LogP contribution is 2.35. The summed E-state index contributed by atoms with van der Waals surface area (Å²) in [6.45, 7) is 6.25. The van der Waals surface area contributed by atoms with Crippen LogP contribution in [0.4, 0.5) is 17.6 Å². The largest absolute Gasteiger partial charge is 0.419 e. The molecular formula is C14H19F4N. The van der Waals surface area contributed by atoms with Gasteiger partial charge in [0, 0.05) is 11.6 Å². The molecule has 0 fully saturated rings. The Bertz CT molecular complexity index is 414. The van der Waals surface area contributed by atoms with E-state index in [2.05, 4.69) is 5.32 Å². The lowest BCUT2D eigenvalue weighted by Gasteiger charge is -2.25. The summed E-state index contributed by atoms with van der Waals surface area (Å²) in [5, 5.41) is 3.06. The Morgan fingerprint density at radius 1 is 1.21 bits per heavy atom. The van der Waals surface area contributed by atoms with Gasteiger partial charge in [0.25, 0.3) is 0 Å². The Morgan fingerprint density at radius 2 is 1.84 bits per heavy atom. The van der Waals surface area contributed by atoms with Crippen LogP contribution >= 0.6 is 0 Å². The second-order valence-electron chi connectivity index (χ2n) is 4.63. The molecule has 0 radical (unpaired) electrons. The van der Waals surface area contributed by atoms with Crippen LogP contribution in [0, 0.1) is 11.7 Å². The van der Waals surface area contributed by atoms with Crippen LogP contribution in [0.2, 0.25) is 0 Å². The molecule has 1 rings (SSSR count). The molecule has 0 bridgehead atoms. The van der Waals surface area contributed by atoms with Crippen molar-refractivity contribution in [3.63, 3.8) is 0 Å². The maximum Gasteiger partial charge on any atom is 0.419 e. The van der Waals surface area contributed by atoms with Crippen molar-refractivity contribution in [1.82, 2.24) is 5.32 Å². The predicted molar refractivity (Wildman–Crippen MR) is 67.3 cm³/mol. The molecule has 0 saturated heterocycles. The van der Waals surface area contributed by atoms with Crippen LogP contribution in [0.3, 0.4) is 0 Å². The Morgan fingerprint density at radius 3 is 2.32 bits per heavy atom. The van der Waals surface area contributed by atoms with Crippen molar-refractivity contribution < 1.29 is 17.6 Å². The van der Waals surface area contributed by atoms with E-state index in [0.717, 1.165) is 12.5 Å². The van der Waals surface area contributed by atoms with Gasteiger partial charge < -0.3 is 5.32 Å². The minimum atomic E-state index is -4.66. The predicted octanol–water partition coefficient (Wildman–Crippen LogP) is 4.54. The maximum atomic E-state index is 14.1. The molecule has 2 unspecified atom stereocenters. The van der Waals surface area contributed by atoms with E-state index in [9.17, 15) is 17.6 Å². The number of alkyl halides is 3. The van der Waals surface area contributed by atoms with E-state index in [1.807, 2.05) is 20.8 Å². The Hall–Kier alpha value is -1.10. The number of halogens is 4. The first-order valence-electron chi connectivity index (χ1n) is 6.41. The van der Waals surface area contributed by atoms with Gasteiger partial charge in [0.15, 0.2) is 0 Å². The standard InChI is InChI=1S/C14H19F4N/c1-4-9(3)13(19-5-2)10-7-6-8-11(12(10)15)14(16,17)18/h6-9,13,19H,4-5H2,1-3H3. The summed E-state index contributed by atoms with van der Waals surface area (Å²) < 4.78 is 52.2. The second kappa shape index (κ2) is 6.37. The molecule has 1 nitrogen and oxygen atoms in total. The molecule has 0 amide bonds. The van der Waals surface area contributed by atoms with Crippen LogP contribution < -0.4 is 5.32 Å². The molecule has 1 N–H and O–H groups in total. The highest BCUT2D eigenvalue weighted by molar-refractivity contribution is 5.30. The summed E-state index contributed by atoms with van der Waals surface area (Å²) in [5.41, 5.74) is -1.11. The van der Waals surface area contributed by atoms with E-state index < -0.39 is 23.6 Å². The fourth-order valence-electron chi connectivity index (χ4n) is 2.08. The maximum absolute atomic E-state index is 14.1. The van der Waals surface area contributed by atoms with Crippen molar-refractivity contribution >= 4 is 0 Å². The lowest BCUT2D eigenvalue weighted by atomic mass is 9.91. The number of hydrogen-bond donors (Lipinski definition) is 1. The topological polar surface area (TPSA) is 12.0 Å². The SMILES string of the molecule is CCNC(c1cccc(C(F)(F)F)c1F)C(C)CC. The van der Waals surface area contributed by atoms with Crippen LogP contribution in [0.15, 0.2) is 18.2 Å². The van der Waals surface area contributed by atoms with Gasteiger partial charge in [-0.05, 0) is 18.5 Å². The highest BCUT2D eigenvalue weighted by Gasteiger charge is 2.36. The summed E-state index contributed by atoms with van der Waals surface area (Å²) in [4.78, 5) is 0. The fraction of sp³-hybridized carbons (Fsp3) is 0.571. The van der Waals surface area contributed by atoms with E-state index in [4.69, 9.17) is 0 Å². The molecule has 0 saturated carbocycles. The van der Waals surface area contributed by atoms with Crippen molar-refractivity contribution in [3.05, 3.63) is 35.1 Å². The number of nitrogens with one attached hydrogen (secondary N) is 1. The Labute approximate surface area is 111 Å². The lowest BCUT2D eigenvalue weighted by molar-refractivity contribution is -0.140. The molecule has 1 aromatic rings. The van der Waals surface area contributed by atoms with Crippen molar-refractivity contribution in [3.8, 4) is 0 Å². The summed E-state index contributed by atoms with van der Waals surface area (Å²) in [6.07, 6.45) is -3.90. The van der Waals surface area contributed by atoms with Gasteiger partial charge in [-0.25, -0.2) is 4.39 Å². The van der Waals surface area contributed by atoms with Gasteiger partial charge in [0.2, 0.25) is 0 Å². The first kappa shape index (κ1) is 16.0. The minimum Gasteiger partial charge on any atom is -0.310 e. The van der Waals surface area contributed by atoms with Gasteiger partial charge in [-0.3, -0.25) is 0 Å². The Balaban J connectivity index is 3.24. The summed E-state index contributed by atoms with van der Waals surface area (Å²) >= 11 is 0.